The summed E-state index contributed by atoms with van der Waals surface area (Å²) < 4.78 is 5.76. The molecular weight excluding hydrogens is 244 g/mol. The summed E-state index contributed by atoms with van der Waals surface area (Å²) in [7, 11) is 0. The van der Waals surface area contributed by atoms with Gasteiger partial charge in [-0.05, 0) is 32.9 Å². The van der Waals surface area contributed by atoms with Gasteiger partial charge in [0.1, 0.15) is 11.5 Å². The molecule has 2 heterocycles. The molecule has 0 spiro atoms. The normalized spacial score (nSPS) is 14.7. The van der Waals surface area contributed by atoms with Crippen LogP contribution in [0, 0.1) is 6.92 Å². The second-order valence-corrected chi connectivity index (χ2v) is 5.62. The number of aryl methyl sites for hydroxylation is 2. The van der Waals surface area contributed by atoms with E-state index in [9.17, 15) is 0 Å². The summed E-state index contributed by atoms with van der Waals surface area (Å²) in [6, 6.07) is 4.53. The molecule has 2 atom stereocenters. The molecule has 0 aliphatic carbocycles. The number of nitrogens with one attached hydrogen (secondary N) is 1. The van der Waals surface area contributed by atoms with Gasteiger partial charge in [-0.1, -0.05) is 6.92 Å². The zero-order chi connectivity index (χ0) is 13.1. The first kappa shape index (κ1) is 13.3. The number of nitrogens with zero attached hydrogens (tertiary/aromatic N) is 1. The van der Waals surface area contributed by atoms with Gasteiger partial charge in [-0.2, -0.15) is 0 Å². The molecule has 0 bridgehead atoms. The molecule has 98 valence electrons. The van der Waals surface area contributed by atoms with Crippen molar-refractivity contribution in [3.05, 3.63) is 39.7 Å². The zero-order valence-corrected chi connectivity index (χ0v) is 12.2. The third kappa shape index (κ3) is 3.00. The summed E-state index contributed by atoms with van der Waals surface area (Å²) >= 11 is 1.69. The fourth-order valence-electron chi connectivity index (χ4n) is 1.94. The topological polar surface area (TPSA) is 38.1 Å². The van der Waals surface area contributed by atoms with Crippen LogP contribution < -0.4 is 5.32 Å². The molecule has 0 aliphatic rings. The summed E-state index contributed by atoms with van der Waals surface area (Å²) in [4.78, 5) is 4.50. The Bertz CT molecular complexity index is 503. The first-order chi connectivity index (χ1) is 8.60. The van der Waals surface area contributed by atoms with Crippen molar-refractivity contribution in [1.29, 1.82) is 0 Å². The molecule has 0 saturated carbocycles. The van der Waals surface area contributed by atoms with Gasteiger partial charge in [-0.3, -0.25) is 5.32 Å². The van der Waals surface area contributed by atoms with Gasteiger partial charge in [0.25, 0.3) is 0 Å². The van der Waals surface area contributed by atoms with Crippen LogP contribution >= 0.6 is 11.3 Å². The van der Waals surface area contributed by atoms with Gasteiger partial charge in [0, 0.05) is 17.8 Å². The molecule has 0 radical (unpaired) electrons. The lowest BCUT2D eigenvalue weighted by Crippen LogP contribution is -2.22. The second kappa shape index (κ2) is 5.67. The summed E-state index contributed by atoms with van der Waals surface area (Å²) in [5.41, 5.74) is 1.10. The molecule has 0 fully saturated rings. The van der Waals surface area contributed by atoms with Crippen LogP contribution in [0.5, 0.6) is 0 Å². The van der Waals surface area contributed by atoms with Gasteiger partial charge >= 0.3 is 0 Å². The smallest absolute Gasteiger partial charge is 0.120 e. The third-order valence-electron chi connectivity index (χ3n) is 3.04. The van der Waals surface area contributed by atoms with Gasteiger partial charge in [-0.15, -0.1) is 11.3 Å². The average Bonchev–Trinajstić information content (AvgIpc) is 2.97. The molecule has 0 unspecified atom stereocenters. The Hall–Kier alpha value is -1.13. The number of hydrogen-bond donors (Lipinski definition) is 1. The van der Waals surface area contributed by atoms with Crippen molar-refractivity contribution in [2.24, 2.45) is 0 Å². The highest BCUT2D eigenvalue weighted by atomic mass is 32.1. The minimum absolute atomic E-state index is 0.197. The van der Waals surface area contributed by atoms with E-state index in [1.807, 2.05) is 13.0 Å². The van der Waals surface area contributed by atoms with Crippen molar-refractivity contribution >= 4 is 11.3 Å². The van der Waals surface area contributed by atoms with Crippen LogP contribution in [0.4, 0.5) is 0 Å². The third-order valence-corrected chi connectivity index (χ3v) is 3.83. The fraction of sp³-hybridized carbons (Fsp3) is 0.500. The van der Waals surface area contributed by atoms with Crippen molar-refractivity contribution in [3.8, 4) is 0 Å². The standard InChI is InChI=1S/C14H20N2OS/c1-5-12-6-7-14(17-12)10(3)15-9(2)13-8-18-11(4)16-13/h6-10,15H,5H2,1-4H3/t9-,10-/m1/s1. The molecule has 2 aromatic heterocycles. The quantitative estimate of drug-likeness (QED) is 0.886. The molecule has 2 aromatic rings. The number of rotatable bonds is 5. The minimum atomic E-state index is 0.197. The number of hydrogen-bond acceptors (Lipinski definition) is 4. The maximum Gasteiger partial charge on any atom is 0.120 e. The van der Waals surface area contributed by atoms with Gasteiger partial charge in [-0.25, -0.2) is 4.98 Å². The minimum Gasteiger partial charge on any atom is -0.464 e. The average molecular weight is 264 g/mol. The van der Waals surface area contributed by atoms with Crippen LogP contribution in [0.25, 0.3) is 0 Å². The summed E-state index contributed by atoms with van der Waals surface area (Å²) in [6.07, 6.45) is 0.938. The molecule has 1 N–H and O–H groups in total. The summed E-state index contributed by atoms with van der Waals surface area (Å²) in [6.45, 7) is 8.38. The summed E-state index contributed by atoms with van der Waals surface area (Å²) in [5, 5.41) is 6.73. The number of furan rings is 1. The van der Waals surface area contributed by atoms with Crippen molar-refractivity contribution in [2.45, 2.75) is 46.2 Å². The van der Waals surface area contributed by atoms with Crippen LogP contribution in [-0.2, 0) is 6.42 Å². The Morgan fingerprint density at radius 2 is 2.11 bits per heavy atom. The van der Waals surface area contributed by atoms with E-state index in [4.69, 9.17) is 4.42 Å². The van der Waals surface area contributed by atoms with E-state index in [-0.39, 0.29) is 12.1 Å². The lowest BCUT2D eigenvalue weighted by molar-refractivity contribution is 0.385. The zero-order valence-electron chi connectivity index (χ0n) is 11.4. The molecule has 0 amide bonds. The van der Waals surface area contributed by atoms with Crippen LogP contribution in [-0.4, -0.2) is 4.98 Å². The van der Waals surface area contributed by atoms with Crippen molar-refractivity contribution in [3.63, 3.8) is 0 Å². The maximum atomic E-state index is 5.76. The predicted molar refractivity (Wildman–Crippen MR) is 74.9 cm³/mol. The molecule has 3 nitrogen and oxygen atoms in total. The Morgan fingerprint density at radius 1 is 1.33 bits per heavy atom. The highest BCUT2D eigenvalue weighted by Gasteiger charge is 2.15. The monoisotopic (exact) mass is 264 g/mol. The first-order valence-corrected chi connectivity index (χ1v) is 7.24. The van der Waals surface area contributed by atoms with Crippen molar-refractivity contribution in [1.82, 2.24) is 10.3 Å². The molecule has 0 aliphatic heterocycles. The van der Waals surface area contributed by atoms with Gasteiger partial charge in [0.15, 0.2) is 0 Å². The Balaban J connectivity index is 2.00. The van der Waals surface area contributed by atoms with E-state index < -0.39 is 0 Å². The lowest BCUT2D eigenvalue weighted by Gasteiger charge is -2.16. The predicted octanol–water partition coefficient (Wildman–Crippen LogP) is 4.02. The SMILES string of the molecule is CCc1ccc([C@@H](C)N[C@H](C)c2csc(C)n2)o1. The van der Waals surface area contributed by atoms with Gasteiger partial charge in [0.05, 0.1) is 16.7 Å². The van der Waals surface area contributed by atoms with Gasteiger partial charge in [0.2, 0.25) is 0 Å². The largest absolute Gasteiger partial charge is 0.464 e. The molecule has 0 aromatic carbocycles. The lowest BCUT2D eigenvalue weighted by atomic mass is 10.2. The highest BCUT2D eigenvalue weighted by Crippen LogP contribution is 2.22. The van der Waals surface area contributed by atoms with E-state index in [1.54, 1.807) is 11.3 Å². The van der Waals surface area contributed by atoms with Crippen LogP contribution in [0.15, 0.2) is 21.9 Å². The van der Waals surface area contributed by atoms with Crippen LogP contribution in [0.1, 0.15) is 55.1 Å². The fourth-order valence-corrected chi connectivity index (χ4v) is 2.65. The van der Waals surface area contributed by atoms with E-state index in [2.05, 4.69) is 42.5 Å². The Morgan fingerprint density at radius 3 is 2.67 bits per heavy atom. The van der Waals surface area contributed by atoms with E-state index in [1.165, 1.54) is 0 Å². The maximum absolute atomic E-state index is 5.76. The van der Waals surface area contributed by atoms with Crippen molar-refractivity contribution < 1.29 is 4.42 Å². The molecule has 2 rings (SSSR count). The van der Waals surface area contributed by atoms with E-state index in [0.29, 0.717) is 0 Å². The van der Waals surface area contributed by atoms with Crippen LogP contribution in [0.2, 0.25) is 0 Å². The Kier molecular flexibility index (Phi) is 4.19. The van der Waals surface area contributed by atoms with E-state index >= 15 is 0 Å². The van der Waals surface area contributed by atoms with Crippen molar-refractivity contribution in [2.75, 3.05) is 0 Å². The van der Waals surface area contributed by atoms with E-state index in [0.717, 1.165) is 28.6 Å². The first-order valence-electron chi connectivity index (χ1n) is 6.36. The second-order valence-electron chi connectivity index (χ2n) is 4.56. The van der Waals surface area contributed by atoms with Crippen LogP contribution in [0.3, 0.4) is 0 Å². The highest BCUT2D eigenvalue weighted by molar-refractivity contribution is 7.09. The Labute approximate surface area is 112 Å². The summed E-state index contributed by atoms with van der Waals surface area (Å²) in [5.74, 6) is 2.03. The number of aromatic nitrogens is 1. The number of thiazole rings is 1. The molecule has 4 heteroatoms. The molecule has 0 saturated heterocycles. The molecule has 18 heavy (non-hydrogen) atoms. The van der Waals surface area contributed by atoms with Gasteiger partial charge < -0.3 is 4.42 Å². The molecular formula is C14H20N2OS.